The van der Waals surface area contributed by atoms with Crippen LogP contribution in [0.3, 0.4) is 0 Å². The summed E-state index contributed by atoms with van der Waals surface area (Å²) in [5.74, 6) is -0.0859. The average Bonchev–Trinajstić information content (AvgIpc) is 3.21. The first kappa shape index (κ1) is 20.9. The number of hydrogen-bond acceptors (Lipinski definition) is 5. The van der Waals surface area contributed by atoms with Crippen molar-refractivity contribution in [1.29, 1.82) is 0 Å². The molecule has 1 amide bonds. The van der Waals surface area contributed by atoms with Crippen molar-refractivity contribution in [3.05, 3.63) is 46.7 Å². The standard InChI is InChI=1S/C19H25N3O4S2/c1-2-21(14-17-4-3-13-27-17)15-19(23)20-16-5-7-18(8-6-16)28(24,25)22-9-11-26-12-10-22/h3-8,13H,2,9-12,14-15H2,1H3,(H,20,23)/p+1. The van der Waals surface area contributed by atoms with Gasteiger partial charge in [0, 0.05) is 18.8 Å². The highest BCUT2D eigenvalue weighted by molar-refractivity contribution is 7.89. The number of benzene rings is 1. The number of carbonyl (C=O) groups is 1. The molecule has 9 heteroatoms. The van der Waals surface area contributed by atoms with Crippen LogP contribution in [0.4, 0.5) is 5.69 Å². The summed E-state index contributed by atoms with van der Waals surface area (Å²) >= 11 is 1.69. The van der Waals surface area contributed by atoms with Crippen molar-refractivity contribution in [1.82, 2.24) is 4.31 Å². The van der Waals surface area contributed by atoms with Crippen LogP contribution in [0.1, 0.15) is 11.8 Å². The number of likely N-dealkylation sites (N-methyl/N-ethyl adjacent to an activating group) is 1. The van der Waals surface area contributed by atoms with Crippen LogP contribution < -0.4 is 10.2 Å². The van der Waals surface area contributed by atoms with Crippen molar-refractivity contribution >= 4 is 33.0 Å². The van der Waals surface area contributed by atoms with Crippen molar-refractivity contribution in [3.8, 4) is 0 Å². The van der Waals surface area contributed by atoms with Gasteiger partial charge in [0.15, 0.2) is 6.54 Å². The van der Waals surface area contributed by atoms with Gasteiger partial charge >= 0.3 is 0 Å². The van der Waals surface area contributed by atoms with Crippen LogP contribution in [-0.4, -0.2) is 58.0 Å². The van der Waals surface area contributed by atoms with Crippen LogP contribution in [0.15, 0.2) is 46.7 Å². The Balaban J connectivity index is 1.58. The number of sulfonamides is 1. The lowest BCUT2D eigenvalue weighted by Crippen LogP contribution is -3.11. The van der Waals surface area contributed by atoms with E-state index in [1.165, 1.54) is 26.2 Å². The second kappa shape index (κ2) is 9.62. The summed E-state index contributed by atoms with van der Waals surface area (Å²) in [6.45, 7) is 5.63. The first-order valence-electron chi connectivity index (χ1n) is 9.33. The highest BCUT2D eigenvalue weighted by atomic mass is 32.2. The molecule has 1 unspecified atom stereocenters. The van der Waals surface area contributed by atoms with E-state index in [2.05, 4.69) is 18.3 Å². The van der Waals surface area contributed by atoms with Crippen molar-refractivity contribution in [2.45, 2.75) is 18.4 Å². The molecule has 0 saturated carbocycles. The summed E-state index contributed by atoms with van der Waals surface area (Å²) in [7, 11) is -3.52. The fraction of sp³-hybridized carbons (Fsp3) is 0.421. The molecule has 7 nitrogen and oxygen atoms in total. The molecule has 0 spiro atoms. The molecule has 1 aromatic heterocycles. The Bertz CT molecular complexity index is 861. The van der Waals surface area contributed by atoms with Crippen molar-refractivity contribution in [3.63, 3.8) is 0 Å². The van der Waals surface area contributed by atoms with E-state index in [9.17, 15) is 13.2 Å². The smallest absolute Gasteiger partial charge is 0.279 e. The highest BCUT2D eigenvalue weighted by Gasteiger charge is 2.26. The Morgan fingerprint density at radius 2 is 1.93 bits per heavy atom. The average molecular weight is 425 g/mol. The Morgan fingerprint density at radius 1 is 1.21 bits per heavy atom. The summed E-state index contributed by atoms with van der Waals surface area (Å²) in [6, 6.07) is 10.4. The normalized spacial score (nSPS) is 16.6. The van der Waals surface area contributed by atoms with E-state index in [0.717, 1.165) is 13.1 Å². The molecule has 2 heterocycles. The third-order valence-electron chi connectivity index (χ3n) is 4.66. The second-order valence-corrected chi connectivity index (χ2v) is 9.60. The number of rotatable bonds is 8. The fourth-order valence-corrected chi connectivity index (χ4v) is 5.24. The molecule has 0 bridgehead atoms. The molecular formula is C19H26N3O4S2+. The summed E-state index contributed by atoms with van der Waals surface area (Å²) in [6.07, 6.45) is 0. The van der Waals surface area contributed by atoms with Gasteiger partial charge in [-0.3, -0.25) is 4.79 Å². The van der Waals surface area contributed by atoms with E-state index in [-0.39, 0.29) is 10.8 Å². The van der Waals surface area contributed by atoms with E-state index in [4.69, 9.17) is 4.74 Å². The summed E-state index contributed by atoms with van der Waals surface area (Å²) in [4.78, 5) is 15.0. The van der Waals surface area contributed by atoms with Gasteiger partial charge < -0.3 is 15.0 Å². The molecule has 0 radical (unpaired) electrons. The van der Waals surface area contributed by atoms with Gasteiger partial charge in [-0.05, 0) is 42.6 Å². The molecular weight excluding hydrogens is 398 g/mol. The first-order valence-corrected chi connectivity index (χ1v) is 11.6. The van der Waals surface area contributed by atoms with Gasteiger partial charge in [0.2, 0.25) is 10.0 Å². The van der Waals surface area contributed by atoms with Gasteiger partial charge in [0.25, 0.3) is 5.91 Å². The number of anilines is 1. The third-order valence-corrected chi connectivity index (χ3v) is 7.45. The predicted octanol–water partition coefficient (Wildman–Crippen LogP) is 0.813. The van der Waals surface area contributed by atoms with Crippen LogP contribution in [0.25, 0.3) is 0 Å². The Hall–Kier alpha value is -1.78. The molecule has 2 aromatic rings. The van der Waals surface area contributed by atoms with Crippen LogP contribution in [0.5, 0.6) is 0 Å². The number of carbonyl (C=O) groups excluding carboxylic acids is 1. The minimum Gasteiger partial charge on any atom is -0.379 e. The number of amides is 1. The Kier molecular flexibility index (Phi) is 7.19. The molecule has 3 rings (SSSR count). The molecule has 1 aliphatic heterocycles. The highest BCUT2D eigenvalue weighted by Crippen LogP contribution is 2.19. The maximum absolute atomic E-state index is 12.6. The van der Waals surface area contributed by atoms with E-state index < -0.39 is 10.0 Å². The lowest BCUT2D eigenvalue weighted by molar-refractivity contribution is -0.903. The molecule has 152 valence electrons. The van der Waals surface area contributed by atoms with Gasteiger partial charge in [-0.1, -0.05) is 6.07 Å². The summed E-state index contributed by atoms with van der Waals surface area (Å²) in [5.41, 5.74) is 0.595. The van der Waals surface area contributed by atoms with Crippen LogP contribution in [0, 0.1) is 0 Å². The molecule has 0 aliphatic carbocycles. The number of quaternary nitrogens is 1. The lowest BCUT2D eigenvalue weighted by atomic mass is 10.3. The predicted molar refractivity (Wildman–Crippen MR) is 109 cm³/mol. The zero-order valence-corrected chi connectivity index (χ0v) is 17.5. The van der Waals surface area contributed by atoms with Gasteiger partial charge in [0.1, 0.15) is 6.54 Å². The van der Waals surface area contributed by atoms with E-state index in [1.54, 1.807) is 23.5 Å². The number of morpholine rings is 1. The first-order chi connectivity index (χ1) is 13.5. The number of thiophene rings is 1. The zero-order valence-electron chi connectivity index (χ0n) is 15.9. The Morgan fingerprint density at radius 3 is 2.54 bits per heavy atom. The SMILES string of the molecule is CC[NH+](CC(=O)Nc1ccc(S(=O)(=O)N2CCOCC2)cc1)Cc1cccs1. The van der Waals surface area contributed by atoms with Gasteiger partial charge in [-0.15, -0.1) is 11.3 Å². The minimum absolute atomic E-state index is 0.0859. The van der Waals surface area contributed by atoms with E-state index >= 15 is 0 Å². The van der Waals surface area contributed by atoms with Gasteiger partial charge in [-0.2, -0.15) is 4.31 Å². The largest absolute Gasteiger partial charge is 0.379 e. The molecule has 1 atom stereocenters. The molecule has 28 heavy (non-hydrogen) atoms. The van der Waals surface area contributed by atoms with E-state index in [1.807, 2.05) is 11.4 Å². The maximum Gasteiger partial charge on any atom is 0.279 e. The maximum atomic E-state index is 12.6. The van der Waals surface area contributed by atoms with Crippen molar-refractivity contribution in [2.75, 3.05) is 44.7 Å². The van der Waals surface area contributed by atoms with E-state index in [0.29, 0.717) is 38.5 Å². The quantitative estimate of drug-likeness (QED) is 0.657. The monoisotopic (exact) mass is 424 g/mol. The third kappa shape index (κ3) is 5.39. The molecule has 1 saturated heterocycles. The van der Waals surface area contributed by atoms with Crippen molar-refractivity contribution in [2.24, 2.45) is 0 Å². The van der Waals surface area contributed by atoms with Crippen molar-refractivity contribution < 1.29 is 22.8 Å². The number of hydrogen-bond donors (Lipinski definition) is 2. The second-order valence-electron chi connectivity index (χ2n) is 6.63. The summed E-state index contributed by atoms with van der Waals surface area (Å²) in [5, 5.41) is 4.90. The van der Waals surface area contributed by atoms with Crippen LogP contribution in [0.2, 0.25) is 0 Å². The summed E-state index contributed by atoms with van der Waals surface area (Å²) < 4.78 is 31.9. The Labute approximate surface area is 170 Å². The number of ether oxygens (including phenoxy) is 1. The molecule has 2 N–H and O–H groups in total. The van der Waals surface area contributed by atoms with Gasteiger partial charge in [0.05, 0.1) is 29.5 Å². The van der Waals surface area contributed by atoms with Crippen LogP contribution in [-0.2, 0) is 26.1 Å². The topological polar surface area (TPSA) is 80.2 Å². The number of nitrogens with zero attached hydrogens (tertiary/aromatic N) is 1. The minimum atomic E-state index is -3.52. The zero-order chi connectivity index (χ0) is 20.0. The lowest BCUT2D eigenvalue weighted by Gasteiger charge is -2.26. The van der Waals surface area contributed by atoms with Crippen LogP contribution >= 0.6 is 11.3 Å². The molecule has 1 fully saturated rings. The fourth-order valence-electron chi connectivity index (χ4n) is 3.05. The number of nitrogens with one attached hydrogen (secondary N) is 2. The molecule has 1 aliphatic rings. The van der Waals surface area contributed by atoms with Gasteiger partial charge in [-0.25, -0.2) is 8.42 Å². The molecule has 1 aromatic carbocycles.